The Hall–Kier alpha value is -0.140. The van der Waals surface area contributed by atoms with Crippen LogP contribution in [0.4, 0.5) is 0 Å². The first-order chi connectivity index (χ1) is 6.26. The molecule has 0 aromatic heterocycles. The van der Waals surface area contributed by atoms with Crippen LogP contribution in [0, 0.1) is 0 Å². The molecule has 0 amide bonds. The van der Waals surface area contributed by atoms with Crippen molar-refractivity contribution in [1.82, 2.24) is 4.31 Å². The summed E-state index contributed by atoms with van der Waals surface area (Å²) in [5.74, 6) is -0.0184. The van der Waals surface area contributed by atoms with Crippen LogP contribution in [-0.2, 0) is 19.9 Å². The molecule has 1 rings (SSSR count). The Balaban J connectivity index is 2.77. The zero-order chi connectivity index (χ0) is 11.0. The Morgan fingerprint density at radius 2 is 1.57 bits per heavy atom. The molecule has 0 saturated carbocycles. The Bertz CT molecular complexity index is 381. The fourth-order valence-corrected chi connectivity index (χ4v) is 4.68. The summed E-state index contributed by atoms with van der Waals surface area (Å²) in [6.45, 7) is 0. The molecule has 1 fully saturated rings. The maximum atomic E-state index is 11.6. The van der Waals surface area contributed by atoms with E-state index in [4.69, 9.17) is 0 Å². The van der Waals surface area contributed by atoms with Crippen LogP contribution in [0.25, 0.3) is 0 Å². The fraction of sp³-hybridized carbons (Fsp3) is 1.00. The monoisotopic (exact) mass is 241 g/mol. The van der Waals surface area contributed by atoms with Gasteiger partial charge in [-0.2, -0.15) is 0 Å². The van der Waals surface area contributed by atoms with Crippen LogP contribution in [0.1, 0.15) is 12.8 Å². The van der Waals surface area contributed by atoms with E-state index in [-0.39, 0.29) is 24.3 Å². The fourth-order valence-electron chi connectivity index (χ4n) is 1.46. The van der Waals surface area contributed by atoms with Crippen molar-refractivity contribution in [2.24, 2.45) is 0 Å². The Labute approximate surface area is 85.1 Å². The molecule has 1 heterocycles. The van der Waals surface area contributed by atoms with Gasteiger partial charge in [-0.15, -0.1) is 0 Å². The van der Waals surface area contributed by atoms with Crippen molar-refractivity contribution in [3.05, 3.63) is 0 Å². The average molecular weight is 241 g/mol. The molecule has 0 N–H and O–H groups in total. The highest BCUT2D eigenvalue weighted by atomic mass is 32.2. The SMILES string of the molecule is CN(C)S(=O)(=O)C1CCS(=O)(=O)CC1. The Morgan fingerprint density at radius 1 is 1.14 bits per heavy atom. The lowest BCUT2D eigenvalue weighted by atomic mass is 10.2. The van der Waals surface area contributed by atoms with E-state index in [0.29, 0.717) is 0 Å². The lowest BCUT2D eigenvalue weighted by Gasteiger charge is -2.24. The third-order valence-corrected chi connectivity index (χ3v) is 6.48. The lowest BCUT2D eigenvalue weighted by Crippen LogP contribution is -2.39. The second kappa shape index (κ2) is 3.79. The molecule has 1 aliphatic heterocycles. The minimum Gasteiger partial charge on any atom is -0.229 e. The minimum atomic E-state index is -3.28. The molecule has 0 atom stereocenters. The summed E-state index contributed by atoms with van der Waals surface area (Å²) < 4.78 is 46.6. The quantitative estimate of drug-likeness (QED) is 0.650. The van der Waals surface area contributed by atoms with Crippen LogP contribution in [-0.4, -0.2) is 52.0 Å². The summed E-state index contributed by atoms with van der Waals surface area (Å²) in [7, 11) is -3.32. The van der Waals surface area contributed by atoms with Gasteiger partial charge in [-0.3, -0.25) is 0 Å². The Kier molecular flexibility index (Phi) is 3.23. The van der Waals surface area contributed by atoms with Gasteiger partial charge in [-0.05, 0) is 12.8 Å². The van der Waals surface area contributed by atoms with Gasteiger partial charge in [0, 0.05) is 14.1 Å². The van der Waals surface area contributed by atoms with Crippen LogP contribution in [0.3, 0.4) is 0 Å². The van der Waals surface area contributed by atoms with E-state index in [1.54, 1.807) is 0 Å². The zero-order valence-electron chi connectivity index (χ0n) is 8.30. The highest BCUT2D eigenvalue weighted by Gasteiger charge is 2.33. The lowest BCUT2D eigenvalue weighted by molar-refractivity contribution is 0.493. The molecule has 14 heavy (non-hydrogen) atoms. The van der Waals surface area contributed by atoms with Gasteiger partial charge in [0.15, 0.2) is 0 Å². The van der Waals surface area contributed by atoms with Crippen LogP contribution in [0.5, 0.6) is 0 Å². The maximum Gasteiger partial charge on any atom is 0.216 e. The molecule has 84 valence electrons. The van der Waals surface area contributed by atoms with Gasteiger partial charge < -0.3 is 0 Å². The standard InChI is InChI=1S/C7H15NO4S2/c1-8(2)14(11,12)7-3-5-13(9,10)6-4-7/h7H,3-6H2,1-2H3. The molecule has 0 bridgehead atoms. The smallest absolute Gasteiger partial charge is 0.216 e. The predicted molar refractivity (Wildman–Crippen MR) is 54.3 cm³/mol. The third-order valence-electron chi connectivity index (χ3n) is 2.43. The van der Waals surface area contributed by atoms with E-state index in [1.165, 1.54) is 14.1 Å². The molecule has 1 saturated heterocycles. The van der Waals surface area contributed by atoms with Crippen LogP contribution in [0.15, 0.2) is 0 Å². The number of hydrogen-bond donors (Lipinski definition) is 0. The van der Waals surface area contributed by atoms with E-state index in [0.717, 1.165) is 4.31 Å². The van der Waals surface area contributed by atoms with Gasteiger partial charge in [-0.1, -0.05) is 0 Å². The van der Waals surface area contributed by atoms with Crippen molar-refractivity contribution in [2.45, 2.75) is 18.1 Å². The number of sulfone groups is 1. The van der Waals surface area contributed by atoms with E-state index in [9.17, 15) is 16.8 Å². The molecule has 0 spiro atoms. The predicted octanol–water partition coefficient (Wildman–Crippen LogP) is -0.545. The molecule has 0 radical (unpaired) electrons. The second-order valence-electron chi connectivity index (χ2n) is 3.68. The van der Waals surface area contributed by atoms with E-state index < -0.39 is 25.1 Å². The third kappa shape index (κ3) is 2.46. The first-order valence-electron chi connectivity index (χ1n) is 4.37. The molecule has 5 nitrogen and oxygen atoms in total. The molecule has 0 unspecified atom stereocenters. The van der Waals surface area contributed by atoms with E-state index in [2.05, 4.69) is 0 Å². The van der Waals surface area contributed by atoms with Crippen molar-refractivity contribution in [3.63, 3.8) is 0 Å². The average Bonchev–Trinajstić information content (AvgIpc) is 2.03. The van der Waals surface area contributed by atoms with Crippen molar-refractivity contribution in [1.29, 1.82) is 0 Å². The second-order valence-corrected chi connectivity index (χ2v) is 8.41. The van der Waals surface area contributed by atoms with Gasteiger partial charge in [0.1, 0.15) is 9.84 Å². The van der Waals surface area contributed by atoms with Gasteiger partial charge in [0.05, 0.1) is 16.8 Å². The van der Waals surface area contributed by atoms with Crippen LogP contribution in [0.2, 0.25) is 0 Å². The zero-order valence-corrected chi connectivity index (χ0v) is 9.94. The molecule has 0 aliphatic carbocycles. The van der Waals surface area contributed by atoms with Gasteiger partial charge >= 0.3 is 0 Å². The molecular weight excluding hydrogens is 226 g/mol. The summed E-state index contributed by atoms with van der Waals surface area (Å²) >= 11 is 0. The van der Waals surface area contributed by atoms with Gasteiger partial charge in [0.2, 0.25) is 10.0 Å². The number of nitrogens with zero attached hydrogens (tertiary/aromatic N) is 1. The Morgan fingerprint density at radius 3 is 1.93 bits per heavy atom. The van der Waals surface area contributed by atoms with Gasteiger partial charge in [-0.25, -0.2) is 21.1 Å². The number of hydrogen-bond acceptors (Lipinski definition) is 4. The first-order valence-corrected chi connectivity index (χ1v) is 7.70. The normalized spacial score (nSPS) is 23.9. The van der Waals surface area contributed by atoms with E-state index in [1.807, 2.05) is 0 Å². The largest absolute Gasteiger partial charge is 0.229 e. The minimum absolute atomic E-state index is 0.00919. The molecule has 1 aliphatic rings. The topological polar surface area (TPSA) is 71.5 Å². The van der Waals surface area contributed by atoms with Crippen LogP contribution < -0.4 is 0 Å². The summed E-state index contributed by atoms with van der Waals surface area (Å²) in [5.41, 5.74) is 0. The molecule has 7 heteroatoms. The highest BCUT2D eigenvalue weighted by Crippen LogP contribution is 2.20. The van der Waals surface area contributed by atoms with Crippen LogP contribution >= 0.6 is 0 Å². The highest BCUT2D eigenvalue weighted by molar-refractivity contribution is 7.92. The maximum absolute atomic E-state index is 11.6. The molecule has 0 aromatic carbocycles. The summed E-state index contributed by atoms with van der Waals surface area (Å²) in [6.07, 6.45) is 0.450. The van der Waals surface area contributed by atoms with Crippen molar-refractivity contribution in [2.75, 3.05) is 25.6 Å². The first kappa shape index (κ1) is 11.9. The summed E-state index contributed by atoms with van der Waals surface area (Å²) in [4.78, 5) is 0. The van der Waals surface area contributed by atoms with Crippen molar-refractivity contribution < 1.29 is 16.8 Å². The molecule has 0 aromatic rings. The molecular formula is C7H15NO4S2. The summed E-state index contributed by atoms with van der Waals surface area (Å²) in [5, 5.41) is -0.527. The van der Waals surface area contributed by atoms with E-state index >= 15 is 0 Å². The summed E-state index contributed by atoms with van der Waals surface area (Å²) in [6, 6.07) is 0. The van der Waals surface area contributed by atoms with Gasteiger partial charge in [0.25, 0.3) is 0 Å². The van der Waals surface area contributed by atoms with Crippen molar-refractivity contribution in [3.8, 4) is 0 Å². The number of rotatable bonds is 2. The number of sulfonamides is 1. The van der Waals surface area contributed by atoms with Crippen molar-refractivity contribution >= 4 is 19.9 Å².